The van der Waals surface area contributed by atoms with E-state index in [2.05, 4.69) is 12.2 Å². The van der Waals surface area contributed by atoms with E-state index < -0.39 is 28.4 Å². The van der Waals surface area contributed by atoms with Gasteiger partial charge in [-0.05, 0) is 54.7 Å². The molecule has 3 aromatic rings. The average molecular weight is 524 g/mol. The van der Waals surface area contributed by atoms with Gasteiger partial charge in [0.25, 0.3) is 0 Å². The zero-order valence-electron chi connectivity index (χ0n) is 18.8. The van der Waals surface area contributed by atoms with Crippen LogP contribution in [0.1, 0.15) is 53.3 Å². The maximum Gasteiger partial charge on any atom is 0.394 e. The lowest BCUT2D eigenvalue weighted by molar-refractivity contribution is -0.0486. The summed E-state index contributed by atoms with van der Waals surface area (Å²) < 4.78 is 65.1. The fraction of sp³-hybridized carbons (Fsp3) is 0.304. The van der Waals surface area contributed by atoms with Gasteiger partial charge < -0.3 is 19.7 Å². The number of carboxylic acid groups (broad SMARTS) is 1. The van der Waals surface area contributed by atoms with Crippen LogP contribution in [0.25, 0.3) is 22.0 Å². The molecule has 0 saturated heterocycles. The minimum Gasteiger partial charge on any atom is -0.477 e. The number of carbonyl (C=O) groups is 1. The fourth-order valence-electron chi connectivity index (χ4n) is 4.37. The van der Waals surface area contributed by atoms with Crippen LogP contribution in [0.15, 0.2) is 41.3 Å². The number of pyridine rings is 1. The molecule has 1 atom stereocenters. The van der Waals surface area contributed by atoms with Crippen LogP contribution in [0.4, 0.5) is 8.78 Å². The molecule has 13 heteroatoms. The lowest BCUT2D eigenvalue weighted by Gasteiger charge is -2.19. The highest BCUT2D eigenvalue weighted by molar-refractivity contribution is 7.79. The van der Waals surface area contributed by atoms with Gasteiger partial charge in [0, 0.05) is 30.4 Å². The van der Waals surface area contributed by atoms with Crippen molar-refractivity contribution in [3.05, 3.63) is 63.4 Å². The van der Waals surface area contributed by atoms with Gasteiger partial charge in [0.15, 0.2) is 5.75 Å². The molecule has 1 aliphatic carbocycles. The van der Waals surface area contributed by atoms with Gasteiger partial charge in [-0.25, -0.2) is 4.79 Å². The van der Waals surface area contributed by atoms with Crippen LogP contribution in [0, 0.1) is 0 Å². The molecule has 1 fully saturated rings. The van der Waals surface area contributed by atoms with E-state index in [1.165, 1.54) is 12.3 Å². The standard InChI is InChI=1S/C23H20F2N2O4.H2O4S/c1-11-15-5-2-12(8-13(15)9-26-11)16-6-7-17-19(21(16)31-23(24)25)27(14-3-4-14)10-18(20(17)28)22(29)30;1-5(2,3)4/h2,5-8,10-11,14,23,26H,3-4,9H2,1H3,(H,29,30);(H2,1,2,3,4). The number of fused-ring (bicyclic) bond motifs is 2. The predicted octanol–water partition coefficient (Wildman–Crippen LogP) is 3.81. The molecule has 192 valence electrons. The maximum absolute atomic E-state index is 13.5. The zero-order valence-corrected chi connectivity index (χ0v) is 19.6. The Bertz CT molecular complexity index is 1510. The molecule has 0 spiro atoms. The molecule has 2 aliphatic rings. The SMILES string of the molecule is CC1NCc2cc(-c3ccc4c(=O)c(C(=O)O)cn(C5CC5)c4c3OC(F)F)ccc21.O=S(=O)(O)O. The third-order valence-corrected chi connectivity index (χ3v) is 6.04. The smallest absolute Gasteiger partial charge is 0.394 e. The van der Waals surface area contributed by atoms with Crippen LogP contribution in [0.5, 0.6) is 5.75 Å². The second-order valence-electron chi connectivity index (χ2n) is 8.50. The van der Waals surface area contributed by atoms with Crippen LogP contribution in [0.3, 0.4) is 0 Å². The highest BCUT2D eigenvalue weighted by Crippen LogP contribution is 2.43. The molecule has 1 saturated carbocycles. The number of alkyl halides is 2. The van der Waals surface area contributed by atoms with Crippen LogP contribution in [0.2, 0.25) is 0 Å². The van der Waals surface area contributed by atoms with E-state index in [4.69, 9.17) is 22.3 Å². The number of hydrogen-bond acceptors (Lipinski definition) is 6. The van der Waals surface area contributed by atoms with E-state index in [1.54, 1.807) is 10.6 Å². The molecular weight excluding hydrogens is 502 g/mol. The van der Waals surface area contributed by atoms with Crippen molar-refractivity contribution in [1.29, 1.82) is 0 Å². The highest BCUT2D eigenvalue weighted by atomic mass is 32.3. The summed E-state index contributed by atoms with van der Waals surface area (Å²) in [7, 11) is -4.67. The summed E-state index contributed by atoms with van der Waals surface area (Å²) in [5.74, 6) is -1.45. The largest absolute Gasteiger partial charge is 0.477 e. The monoisotopic (exact) mass is 524 g/mol. The van der Waals surface area contributed by atoms with Gasteiger partial charge in [-0.3, -0.25) is 13.9 Å². The van der Waals surface area contributed by atoms with Gasteiger partial charge in [0.1, 0.15) is 5.56 Å². The Morgan fingerprint density at radius 1 is 1.19 bits per heavy atom. The van der Waals surface area contributed by atoms with E-state index in [0.717, 1.165) is 24.0 Å². The summed E-state index contributed by atoms with van der Waals surface area (Å²) in [6, 6.07) is 8.98. The topological polar surface area (TPSA) is 155 Å². The second-order valence-corrected chi connectivity index (χ2v) is 9.39. The molecule has 0 bridgehead atoms. The number of ether oxygens (including phenoxy) is 1. The first-order chi connectivity index (χ1) is 16.8. The molecule has 10 nitrogen and oxygen atoms in total. The van der Waals surface area contributed by atoms with E-state index in [0.29, 0.717) is 17.7 Å². The first-order valence-electron chi connectivity index (χ1n) is 10.8. The summed E-state index contributed by atoms with van der Waals surface area (Å²) >= 11 is 0. The quantitative estimate of drug-likeness (QED) is 0.365. The fourth-order valence-corrected chi connectivity index (χ4v) is 4.37. The molecule has 2 aromatic carbocycles. The number of halogens is 2. The summed E-state index contributed by atoms with van der Waals surface area (Å²) in [5, 5.41) is 12.8. The molecule has 36 heavy (non-hydrogen) atoms. The third kappa shape index (κ3) is 5.38. The van der Waals surface area contributed by atoms with E-state index in [1.807, 2.05) is 18.2 Å². The molecule has 2 heterocycles. The number of nitrogens with one attached hydrogen (secondary N) is 1. The minimum absolute atomic E-state index is 0.0541. The Kier molecular flexibility index (Phi) is 6.84. The first kappa shape index (κ1) is 25.7. The second kappa shape index (κ2) is 9.58. The molecule has 0 amide bonds. The summed E-state index contributed by atoms with van der Waals surface area (Å²) in [5.41, 5.74) is 2.49. The molecule has 1 aliphatic heterocycles. The van der Waals surface area contributed by atoms with Crippen LogP contribution < -0.4 is 15.5 Å². The molecule has 5 rings (SSSR count). The molecular formula is C23H22F2N2O8S. The first-order valence-corrected chi connectivity index (χ1v) is 12.2. The molecule has 4 N–H and O–H groups in total. The van der Waals surface area contributed by atoms with Gasteiger partial charge in [0.05, 0.1) is 10.9 Å². The lowest BCUT2D eigenvalue weighted by atomic mass is 9.96. The Labute approximate surface area is 203 Å². The van der Waals surface area contributed by atoms with Gasteiger partial charge >= 0.3 is 23.0 Å². The van der Waals surface area contributed by atoms with E-state index >= 15 is 0 Å². The number of carboxylic acids is 1. The maximum atomic E-state index is 13.5. The number of hydrogen-bond donors (Lipinski definition) is 4. The number of aromatic carboxylic acids is 1. The van der Waals surface area contributed by atoms with Gasteiger partial charge in [-0.1, -0.05) is 12.1 Å². The van der Waals surface area contributed by atoms with Crippen LogP contribution in [-0.4, -0.2) is 39.8 Å². The third-order valence-electron chi connectivity index (χ3n) is 6.04. The number of rotatable bonds is 5. The van der Waals surface area contributed by atoms with Crippen molar-refractivity contribution in [2.75, 3.05) is 0 Å². The Hall–Kier alpha value is -3.39. The molecule has 1 unspecified atom stereocenters. The Morgan fingerprint density at radius 2 is 1.86 bits per heavy atom. The van der Waals surface area contributed by atoms with Crippen molar-refractivity contribution >= 4 is 27.3 Å². The molecule has 0 radical (unpaired) electrons. The van der Waals surface area contributed by atoms with Crippen molar-refractivity contribution in [2.45, 2.75) is 45.0 Å². The van der Waals surface area contributed by atoms with Crippen molar-refractivity contribution in [2.24, 2.45) is 0 Å². The van der Waals surface area contributed by atoms with Crippen molar-refractivity contribution in [3.63, 3.8) is 0 Å². The van der Waals surface area contributed by atoms with Crippen molar-refractivity contribution in [1.82, 2.24) is 9.88 Å². The van der Waals surface area contributed by atoms with Gasteiger partial charge in [0.2, 0.25) is 5.43 Å². The Morgan fingerprint density at radius 3 is 2.44 bits per heavy atom. The van der Waals surface area contributed by atoms with Crippen molar-refractivity contribution in [3.8, 4) is 16.9 Å². The van der Waals surface area contributed by atoms with Crippen LogP contribution in [-0.2, 0) is 16.9 Å². The number of nitrogens with zero attached hydrogens (tertiary/aromatic N) is 1. The average Bonchev–Trinajstić information content (AvgIpc) is 3.55. The minimum atomic E-state index is -4.67. The molecule has 1 aromatic heterocycles. The highest BCUT2D eigenvalue weighted by Gasteiger charge is 2.30. The van der Waals surface area contributed by atoms with E-state index in [-0.39, 0.29) is 34.3 Å². The van der Waals surface area contributed by atoms with E-state index in [9.17, 15) is 23.5 Å². The summed E-state index contributed by atoms with van der Waals surface area (Å²) in [6.45, 7) is -0.360. The lowest BCUT2D eigenvalue weighted by Crippen LogP contribution is -2.19. The number of aromatic nitrogens is 1. The van der Waals surface area contributed by atoms with Gasteiger partial charge in [-0.2, -0.15) is 17.2 Å². The number of benzene rings is 2. The summed E-state index contributed by atoms with van der Waals surface area (Å²) in [6.07, 6.45) is 2.80. The van der Waals surface area contributed by atoms with Crippen molar-refractivity contribution < 1.29 is 40.9 Å². The normalized spacial score (nSPS) is 17.0. The van der Waals surface area contributed by atoms with Crippen LogP contribution >= 0.6 is 0 Å². The Balaban J connectivity index is 0.000000556. The zero-order chi connectivity index (χ0) is 26.4. The summed E-state index contributed by atoms with van der Waals surface area (Å²) in [4.78, 5) is 24.4. The predicted molar refractivity (Wildman–Crippen MR) is 125 cm³/mol. The van der Waals surface area contributed by atoms with Gasteiger partial charge in [-0.15, -0.1) is 0 Å².